The van der Waals surface area contributed by atoms with Crippen molar-refractivity contribution in [2.75, 3.05) is 13.2 Å². The van der Waals surface area contributed by atoms with Crippen molar-refractivity contribution in [1.82, 2.24) is 5.32 Å². The molecule has 20 heavy (non-hydrogen) atoms. The van der Waals surface area contributed by atoms with Crippen LogP contribution in [0.3, 0.4) is 0 Å². The van der Waals surface area contributed by atoms with Gasteiger partial charge >= 0.3 is 0 Å². The molecule has 1 amide bonds. The molecule has 0 aliphatic heterocycles. The van der Waals surface area contributed by atoms with Crippen LogP contribution < -0.4 is 10.1 Å². The van der Waals surface area contributed by atoms with E-state index in [1.807, 2.05) is 19.1 Å². The minimum absolute atomic E-state index is 0.0715. The summed E-state index contributed by atoms with van der Waals surface area (Å²) in [7, 11) is 0. The molecule has 1 aromatic carbocycles. The summed E-state index contributed by atoms with van der Waals surface area (Å²) in [5.41, 5.74) is 2.35. The van der Waals surface area contributed by atoms with E-state index in [4.69, 9.17) is 4.74 Å². The molecular formula is C17H27NO2. The fourth-order valence-electron chi connectivity index (χ4n) is 2.06. The smallest absolute Gasteiger partial charge is 0.223 e. The monoisotopic (exact) mass is 277 g/mol. The summed E-state index contributed by atoms with van der Waals surface area (Å²) in [6.07, 6.45) is 2.62. The summed E-state index contributed by atoms with van der Waals surface area (Å²) in [6.45, 7) is 9.62. The zero-order valence-electron chi connectivity index (χ0n) is 13.2. The normalized spacial score (nSPS) is 10.7. The predicted octanol–water partition coefficient (Wildman–Crippen LogP) is 3.62. The van der Waals surface area contributed by atoms with Gasteiger partial charge in [0.15, 0.2) is 0 Å². The van der Waals surface area contributed by atoms with E-state index in [2.05, 4.69) is 32.2 Å². The zero-order valence-corrected chi connectivity index (χ0v) is 13.2. The third-order valence-electron chi connectivity index (χ3n) is 3.88. The number of nitrogens with one attached hydrogen (secondary N) is 1. The number of hydrogen-bond acceptors (Lipinski definition) is 2. The van der Waals surface area contributed by atoms with Crippen LogP contribution in [0.5, 0.6) is 5.75 Å². The molecule has 0 saturated carbocycles. The van der Waals surface area contributed by atoms with E-state index in [1.165, 1.54) is 5.56 Å². The molecule has 0 unspecified atom stereocenters. The second-order valence-electron chi connectivity index (χ2n) is 5.28. The maximum atomic E-state index is 11.7. The van der Waals surface area contributed by atoms with Crippen molar-refractivity contribution in [3.05, 3.63) is 29.3 Å². The predicted molar refractivity (Wildman–Crippen MR) is 83.1 cm³/mol. The van der Waals surface area contributed by atoms with Gasteiger partial charge in [-0.05, 0) is 37.0 Å². The summed E-state index contributed by atoms with van der Waals surface area (Å²) >= 11 is 0. The average molecular weight is 277 g/mol. The van der Waals surface area contributed by atoms with Crippen LogP contribution in [0.1, 0.15) is 44.2 Å². The van der Waals surface area contributed by atoms with Gasteiger partial charge in [-0.2, -0.15) is 0 Å². The number of aryl methyl sites for hydroxylation is 1. The second kappa shape index (κ2) is 8.62. The Kier molecular flexibility index (Phi) is 7.13. The maximum Gasteiger partial charge on any atom is 0.223 e. The Bertz CT molecular complexity index is 425. The molecular weight excluding hydrogens is 250 g/mol. The van der Waals surface area contributed by atoms with Gasteiger partial charge < -0.3 is 10.1 Å². The van der Waals surface area contributed by atoms with E-state index in [9.17, 15) is 4.79 Å². The first-order valence-electron chi connectivity index (χ1n) is 7.54. The quantitative estimate of drug-likeness (QED) is 0.788. The highest BCUT2D eigenvalue weighted by Gasteiger charge is 2.07. The molecule has 0 atom stereocenters. The Labute approximate surface area is 122 Å². The first kappa shape index (κ1) is 16.5. The van der Waals surface area contributed by atoms with Gasteiger partial charge in [0.25, 0.3) is 0 Å². The van der Waals surface area contributed by atoms with Crippen molar-refractivity contribution in [1.29, 1.82) is 0 Å². The zero-order chi connectivity index (χ0) is 15.0. The summed E-state index contributed by atoms with van der Waals surface area (Å²) in [5.74, 6) is 1.53. The molecule has 3 nitrogen and oxygen atoms in total. The number of rotatable bonds is 8. The van der Waals surface area contributed by atoms with Crippen LogP contribution in [-0.2, 0) is 4.79 Å². The van der Waals surface area contributed by atoms with E-state index >= 15 is 0 Å². The molecule has 0 aliphatic rings. The van der Waals surface area contributed by atoms with E-state index < -0.39 is 0 Å². The highest BCUT2D eigenvalue weighted by molar-refractivity contribution is 5.75. The van der Waals surface area contributed by atoms with Gasteiger partial charge in [-0.25, -0.2) is 0 Å². The lowest BCUT2D eigenvalue weighted by Gasteiger charge is -2.14. The number of amides is 1. The molecule has 0 saturated heterocycles. The lowest BCUT2D eigenvalue weighted by atomic mass is 10.0. The number of carbonyl (C=O) groups excluding carboxylic acids is 1. The SMILES string of the molecule is CCC(CC)CNC(=O)CCOc1cccc(C)c1C. The molecule has 112 valence electrons. The van der Waals surface area contributed by atoms with Crippen LogP contribution in [0.4, 0.5) is 0 Å². The average Bonchev–Trinajstić information content (AvgIpc) is 2.44. The van der Waals surface area contributed by atoms with E-state index in [0.717, 1.165) is 30.7 Å². The molecule has 0 radical (unpaired) electrons. The van der Waals surface area contributed by atoms with Gasteiger partial charge in [0, 0.05) is 6.54 Å². The van der Waals surface area contributed by atoms with Gasteiger partial charge in [-0.3, -0.25) is 4.79 Å². The second-order valence-corrected chi connectivity index (χ2v) is 5.28. The molecule has 1 N–H and O–H groups in total. The molecule has 0 spiro atoms. The van der Waals surface area contributed by atoms with Crippen LogP contribution >= 0.6 is 0 Å². The number of benzene rings is 1. The van der Waals surface area contributed by atoms with Gasteiger partial charge in [0.2, 0.25) is 5.91 Å². The van der Waals surface area contributed by atoms with Crippen LogP contribution in [0.2, 0.25) is 0 Å². The highest BCUT2D eigenvalue weighted by Crippen LogP contribution is 2.20. The Morgan fingerprint density at radius 2 is 1.95 bits per heavy atom. The largest absolute Gasteiger partial charge is 0.493 e. The third-order valence-corrected chi connectivity index (χ3v) is 3.88. The van der Waals surface area contributed by atoms with E-state index in [-0.39, 0.29) is 5.91 Å². The van der Waals surface area contributed by atoms with Crippen molar-refractivity contribution in [2.24, 2.45) is 5.92 Å². The first-order chi connectivity index (χ1) is 9.58. The van der Waals surface area contributed by atoms with Gasteiger partial charge in [0.05, 0.1) is 13.0 Å². The molecule has 3 heteroatoms. The molecule has 0 heterocycles. The molecule has 1 rings (SSSR count). The van der Waals surface area contributed by atoms with Crippen LogP contribution in [0.15, 0.2) is 18.2 Å². The number of hydrogen-bond donors (Lipinski definition) is 1. The Balaban J connectivity index is 2.30. The van der Waals surface area contributed by atoms with E-state index in [1.54, 1.807) is 0 Å². The van der Waals surface area contributed by atoms with Crippen LogP contribution in [-0.4, -0.2) is 19.1 Å². The fraction of sp³-hybridized carbons (Fsp3) is 0.588. The fourth-order valence-corrected chi connectivity index (χ4v) is 2.06. The Morgan fingerprint density at radius 1 is 1.25 bits per heavy atom. The maximum absolute atomic E-state index is 11.7. The Hall–Kier alpha value is -1.51. The van der Waals surface area contributed by atoms with Crippen molar-refractivity contribution < 1.29 is 9.53 Å². The minimum atomic E-state index is 0.0715. The Morgan fingerprint density at radius 3 is 2.60 bits per heavy atom. The van der Waals surface area contributed by atoms with Crippen molar-refractivity contribution in [3.63, 3.8) is 0 Å². The van der Waals surface area contributed by atoms with Crippen molar-refractivity contribution in [2.45, 2.75) is 47.0 Å². The number of carbonyl (C=O) groups is 1. The summed E-state index contributed by atoms with van der Waals surface area (Å²) < 4.78 is 5.69. The molecule has 0 fully saturated rings. The topological polar surface area (TPSA) is 38.3 Å². The van der Waals surface area contributed by atoms with Gasteiger partial charge in [0.1, 0.15) is 5.75 Å². The summed E-state index contributed by atoms with van der Waals surface area (Å²) in [6, 6.07) is 5.99. The molecule has 0 aromatic heterocycles. The lowest BCUT2D eigenvalue weighted by Crippen LogP contribution is -2.29. The standard InChI is InChI=1S/C17H27NO2/c1-5-15(6-2)12-18-17(19)10-11-20-16-9-7-8-13(3)14(16)4/h7-9,15H,5-6,10-12H2,1-4H3,(H,18,19). The van der Waals surface area contributed by atoms with Crippen LogP contribution in [0.25, 0.3) is 0 Å². The highest BCUT2D eigenvalue weighted by atomic mass is 16.5. The molecule has 0 aliphatic carbocycles. The molecule has 0 bridgehead atoms. The summed E-state index contributed by atoms with van der Waals surface area (Å²) in [4.78, 5) is 11.7. The third kappa shape index (κ3) is 5.24. The molecule has 1 aromatic rings. The van der Waals surface area contributed by atoms with Crippen molar-refractivity contribution in [3.8, 4) is 5.75 Å². The van der Waals surface area contributed by atoms with Crippen molar-refractivity contribution >= 4 is 5.91 Å². The van der Waals surface area contributed by atoms with Gasteiger partial charge in [-0.15, -0.1) is 0 Å². The minimum Gasteiger partial charge on any atom is -0.493 e. The van der Waals surface area contributed by atoms with E-state index in [0.29, 0.717) is 18.9 Å². The lowest BCUT2D eigenvalue weighted by molar-refractivity contribution is -0.121. The number of ether oxygens (including phenoxy) is 1. The first-order valence-corrected chi connectivity index (χ1v) is 7.54. The summed E-state index contributed by atoms with van der Waals surface area (Å²) in [5, 5.41) is 2.98. The van der Waals surface area contributed by atoms with Gasteiger partial charge in [-0.1, -0.05) is 38.8 Å². The van der Waals surface area contributed by atoms with Crippen LogP contribution in [0, 0.1) is 19.8 Å².